The number of nitrogens with zero attached hydrogens (tertiary/aromatic N) is 3. The van der Waals surface area contributed by atoms with Crippen molar-refractivity contribution in [1.29, 1.82) is 0 Å². The Morgan fingerprint density at radius 2 is 2.11 bits per heavy atom. The lowest BCUT2D eigenvalue weighted by atomic mass is 9.76. The van der Waals surface area contributed by atoms with Crippen molar-refractivity contribution >= 4 is 11.9 Å². The average molecular weight is 264 g/mol. The topological polar surface area (TPSA) is 88.0 Å². The average Bonchev–Trinajstić information content (AvgIpc) is 2.34. The van der Waals surface area contributed by atoms with E-state index in [2.05, 4.69) is 27.4 Å². The number of carbonyl (C=O) groups is 1. The molecule has 0 aromatic carbocycles. The first-order chi connectivity index (χ1) is 8.93. The third kappa shape index (κ3) is 2.83. The number of carboxylic acids is 1. The number of nitrogens with one attached hydrogen (secondary N) is 1. The molecule has 1 aliphatic carbocycles. The Kier molecular flexibility index (Phi) is 3.68. The van der Waals surface area contributed by atoms with Gasteiger partial charge in [-0.05, 0) is 32.6 Å². The van der Waals surface area contributed by atoms with Crippen molar-refractivity contribution < 1.29 is 9.90 Å². The third-order valence-electron chi connectivity index (χ3n) is 3.85. The van der Waals surface area contributed by atoms with E-state index in [-0.39, 0.29) is 0 Å². The maximum atomic E-state index is 11.6. The molecule has 2 N–H and O–H groups in total. The molecule has 1 aliphatic rings. The van der Waals surface area contributed by atoms with Gasteiger partial charge in [-0.3, -0.25) is 0 Å². The summed E-state index contributed by atoms with van der Waals surface area (Å²) in [5, 5.41) is 20.5. The number of aryl methyl sites for hydroxylation is 2. The van der Waals surface area contributed by atoms with Gasteiger partial charge < -0.3 is 10.4 Å². The Morgan fingerprint density at radius 1 is 1.37 bits per heavy atom. The Bertz CT molecular complexity index is 492. The molecule has 1 fully saturated rings. The van der Waals surface area contributed by atoms with Gasteiger partial charge in [0.15, 0.2) is 0 Å². The predicted molar refractivity (Wildman–Crippen MR) is 70.9 cm³/mol. The molecular weight excluding hydrogens is 244 g/mol. The van der Waals surface area contributed by atoms with Gasteiger partial charge in [-0.25, -0.2) is 9.78 Å². The second-order valence-corrected chi connectivity index (χ2v) is 5.52. The van der Waals surface area contributed by atoms with Crippen molar-refractivity contribution in [3.63, 3.8) is 0 Å². The quantitative estimate of drug-likeness (QED) is 0.867. The van der Waals surface area contributed by atoms with E-state index in [0.29, 0.717) is 24.7 Å². The minimum atomic E-state index is -0.957. The molecule has 0 aliphatic heterocycles. The van der Waals surface area contributed by atoms with Crippen LogP contribution in [0.15, 0.2) is 0 Å². The van der Waals surface area contributed by atoms with Gasteiger partial charge in [0.1, 0.15) is 5.54 Å². The second kappa shape index (κ2) is 5.11. The number of anilines is 1. The lowest BCUT2D eigenvalue weighted by Gasteiger charge is -2.36. The van der Waals surface area contributed by atoms with Crippen LogP contribution in [0.1, 0.15) is 44.0 Å². The zero-order chi connectivity index (χ0) is 14.0. The van der Waals surface area contributed by atoms with E-state index in [9.17, 15) is 9.90 Å². The van der Waals surface area contributed by atoms with Crippen molar-refractivity contribution in [2.45, 2.75) is 52.0 Å². The van der Waals surface area contributed by atoms with Gasteiger partial charge in [0, 0.05) is 0 Å². The van der Waals surface area contributed by atoms with Gasteiger partial charge in [-0.2, -0.15) is 5.10 Å². The summed E-state index contributed by atoms with van der Waals surface area (Å²) in [6.07, 6.45) is 3.17. The molecule has 0 amide bonds. The van der Waals surface area contributed by atoms with E-state index in [1.807, 2.05) is 13.8 Å². The fourth-order valence-electron chi connectivity index (χ4n) is 2.64. The summed E-state index contributed by atoms with van der Waals surface area (Å²) < 4.78 is 0. The standard InChI is InChI=1S/C13H20N4O2/c1-8-5-4-6-13(7-8,11(18)19)15-12-14-9(2)10(3)16-17-12/h8H,4-7H2,1-3H3,(H,18,19)(H,14,15,17). The van der Waals surface area contributed by atoms with Crippen LogP contribution < -0.4 is 5.32 Å². The molecule has 1 aromatic rings. The van der Waals surface area contributed by atoms with E-state index in [1.165, 1.54) is 0 Å². The lowest BCUT2D eigenvalue weighted by molar-refractivity contribution is -0.144. The fourth-order valence-corrected chi connectivity index (χ4v) is 2.64. The number of carboxylic acid groups (broad SMARTS) is 1. The molecule has 6 nitrogen and oxygen atoms in total. The van der Waals surface area contributed by atoms with E-state index in [4.69, 9.17) is 0 Å². The molecule has 19 heavy (non-hydrogen) atoms. The molecule has 1 saturated carbocycles. The highest BCUT2D eigenvalue weighted by Gasteiger charge is 2.42. The van der Waals surface area contributed by atoms with Crippen molar-refractivity contribution in [3.05, 3.63) is 11.4 Å². The summed E-state index contributed by atoms with van der Waals surface area (Å²) in [6, 6.07) is 0. The van der Waals surface area contributed by atoms with Crippen LogP contribution in [-0.4, -0.2) is 31.8 Å². The summed E-state index contributed by atoms with van der Waals surface area (Å²) >= 11 is 0. The smallest absolute Gasteiger partial charge is 0.329 e. The number of hydrogen-bond donors (Lipinski definition) is 2. The van der Waals surface area contributed by atoms with Crippen LogP contribution in [0.3, 0.4) is 0 Å². The first kappa shape index (κ1) is 13.7. The summed E-state index contributed by atoms with van der Waals surface area (Å²) in [5.74, 6) is -0.141. The van der Waals surface area contributed by atoms with Crippen molar-refractivity contribution in [2.24, 2.45) is 5.92 Å². The van der Waals surface area contributed by atoms with Crippen LogP contribution in [0.2, 0.25) is 0 Å². The van der Waals surface area contributed by atoms with Crippen molar-refractivity contribution in [1.82, 2.24) is 15.2 Å². The van der Waals surface area contributed by atoms with Crippen LogP contribution in [0.25, 0.3) is 0 Å². The van der Waals surface area contributed by atoms with Crippen LogP contribution >= 0.6 is 0 Å². The van der Waals surface area contributed by atoms with Gasteiger partial charge in [-0.15, -0.1) is 5.10 Å². The molecule has 2 rings (SSSR count). The summed E-state index contributed by atoms with van der Waals surface area (Å²) in [4.78, 5) is 15.9. The van der Waals surface area contributed by atoms with E-state index < -0.39 is 11.5 Å². The number of aromatic nitrogens is 3. The molecule has 0 bridgehead atoms. The summed E-state index contributed by atoms with van der Waals surface area (Å²) in [5.41, 5.74) is 0.565. The lowest BCUT2D eigenvalue weighted by Crippen LogP contribution is -2.50. The molecule has 0 saturated heterocycles. The van der Waals surface area contributed by atoms with Crippen LogP contribution in [0, 0.1) is 19.8 Å². The van der Waals surface area contributed by atoms with Gasteiger partial charge in [0.05, 0.1) is 11.4 Å². The maximum Gasteiger partial charge on any atom is 0.329 e. The van der Waals surface area contributed by atoms with Crippen LogP contribution in [0.5, 0.6) is 0 Å². The van der Waals surface area contributed by atoms with Gasteiger partial charge in [-0.1, -0.05) is 19.8 Å². The first-order valence-corrected chi connectivity index (χ1v) is 6.62. The van der Waals surface area contributed by atoms with E-state index in [1.54, 1.807) is 0 Å². The highest BCUT2D eigenvalue weighted by Crippen LogP contribution is 2.34. The highest BCUT2D eigenvalue weighted by molar-refractivity contribution is 5.82. The molecule has 1 aromatic heterocycles. The largest absolute Gasteiger partial charge is 0.480 e. The zero-order valence-corrected chi connectivity index (χ0v) is 11.6. The van der Waals surface area contributed by atoms with Gasteiger partial charge in [0.25, 0.3) is 0 Å². The van der Waals surface area contributed by atoms with Crippen molar-refractivity contribution in [2.75, 3.05) is 5.32 Å². The number of aliphatic carboxylic acids is 1. The molecule has 0 radical (unpaired) electrons. The van der Waals surface area contributed by atoms with Crippen LogP contribution in [-0.2, 0) is 4.79 Å². The van der Waals surface area contributed by atoms with Gasteiger partial charge >= 0.3 is 5.97 Å². The maximum absolute atomic E-state index is 11.6. The molecule has 104 valence electrons. The Balaban J connectivity index is 2.25. The summed E-state index contributed by atoms with van der Waals surface area (Å²) in [6.45, 7) is 5.75. The summed E-state index contributed by atoms with van der Waals surface area (Å²) in [7, 11) is 0. The van der Waals surface area contributed by atoms with E-state index in [0.717, 1.165) is 24.2 Å². The minimum absolute atomic E-state index is 0.305. The number of hydrogen-bond acceptors (Lipinski definition) is 5. The second-order valence-electron chi connectivity index (χ2n) is 5.52. The fraction of sp³-hybridized carbons (Fsp3) is 0.692. The molecule has 1 heterocycles. The monoisotopic (exact) mass is 264 g/mol. The van der Waals surface area contributed by atoms with Gasteiger partial charge in [0.2, 0.25) is 5.95 Å². The predicted octanol–water partition coefficient (Wildman–Crippen LogP) is 1.93. The molecule has 2 atom stereocenters. The minimum Gasteiger partial charge on any atom is -0.480 e. The van der Waals surface area contributed by atoms with Crippen LogP contribution in [0.4, 0.5) is 5.95 Å². The SMILES string of the molecule is Cc1nnc(NC2(C(=O)O)CCCC(C)C2)nc1C. The third-order valence-corrected chi connectivity index (χ3v) is 3.85. The first-order valence-electron chi connectivity index (χ1n) is 6.62. The van der Waals surface area contributed by atoms with E-state index >= 15 is 0 Å². The molecular formula is C13H20N4O2. The van der Waals surface area contributed by atoms with Crippen molar-refractivity contribution in [3.8, 4) is 0 Å². The molecule has 2 unspecified atom stereocenters. The molecule has 6 heteroatoms. The highest BCUT2D eigenvalue weighted by atomic mass is 16.4. The number of rotatable bonds is 3. The normalized spacial score (nSPS) is 27.0. The Labute approximate surface area is 112 Å². The Hall–Kier alpha value is -1.72. The Morgan fingerprint density at radius 3 is 2.68 bits per heavy atom. The zero-order valence-electron chi connectivity index (χ0n) is 11.6. The molecule has 0 spiro atoms.